The predicted octanol–water partition coefficient (Wildman–Crippen LogP) is 1.93. The van der Waals surface area contributed by atoms with E-state index in [0.29, 0.717) is 12.0 Å². The predicted molar refractivity (Wildman–Crippen MR) is 71.9 cm³/mol. The highest BCUT2D eigenvalue weighted by Gasteiger charge is 2.11. The molecule has 0 unspecified atom stereocenters. The number of nitrogens with zero attached hydrogens (tertiary/aromatic N) is 2. The molecule has 0 aliphatic heterocycles. The summed E-state index contributed by atoms with van der Waals surface area (Å²) >= 11 is 0. The van der Waals surface area contributed by atoms with Crippen molar-refractivity contribution in [3.8, 4) is 0 Å². The monoisotopic (exact) mass is 249 g/mol. The van der Waals surface area contributed by atoms with Crippen molar-refractivity contribution in [2.24, 2.45) is 10.9 Å². The van der Waals surface area contributed by atoms with Crippen LogP contribution < -0.4 is 10.6 Å². The van der Waals surface area contributed by atoms with E-state index in [1.807, 2.05) is 13.0 Å². The van der Waals surface area contributed by atoms with Gasteiger partial charge in [-0.15, -0.1) is 0 Å². The number of carbonyl (C=O) groups excluding carboxylic acids is 1. The smallest absolute Gasteiger partial charge is 0.226 e. The van der Waals surface area contributed by atoms with Gasteiger partial charge in [0, 0.05) is 24.7 Å². The number of amides is 1. The second-order valence-corrected chi connectivity index (χ2v) is 4.09. The maximum atomic E-state index is 11.9. The lowest BCUT2D eigenvalue weighted by atomic mass is 10.1. The summed E-state index contributed by atoms with van der Waals surface area (Å²) in [7, 11) is 1.73. The van der Waals surface area contributed by atoms with Crippen LogP contribution >= 0.6 is 0 Å². The van der Waals surface area contributed by atoms with E-state index in [1.54, 1.807) is 30.1 Å². The van der Waals surface area contributed by atoms with Crippen LogP contribution in [0.2, 0.25) is 0 Å². The van der Waals surface area contributed by atoms with Gasteiger partial charge in [-0.25, -0.2) is 0 Å². The molecule has 98 valence electrons. The first kappa shape index (κ1) is 14.0. The Morgan fingerprint density at radius 1 is 1.50 bits per heavy atom. The van der Waals surface area contributed by atoms with Crippen molar-refractivity contribution < 1.29 is 10.0 Å². The Hall–Kier alpha value is -2.04. The van der Waals surface area contributed by atoms with Gasteiger partial charge in [-0.05, 0) is 18.6 Å². The summed E-state index contributed by atoms with van der Waals surface area (Å²) in [6, 6.07) is 7.03. The highest BCUT2D eigenvalue weighted by atomic mass is 16.4. The first-order chi connectivity index (χ1) is 8.60. The van der Waals surface area contributed by atoms with Crippen molar-refractivity contribution in [3.63, 3.8) is 0 Å². The molecule has 18 heavy (non-hydrogen) atoms. The average Bonchev–Trinajstić information content (AvgIpc) is 2.43. The molecule has 0 atom stereocenters. The topological polar surface area (TPSA) is 78.9 Å². The van der Waals surface area contributed by atoms with Crippen LogP contribution in [0, 0.1) is 0 Å². The molecule has 1 aromatic carbocycles. The molecular weight excluding hydrogens is 230 g/mol. The van der Waals surface area contributed by atoms with Crippen LogP contribution in [0.15, 0.2) is 29.4 Å². The van der Waals surface area contributed by atoms with E-state index in [9.17, 15) is 4.79 Å². The van der Waals surface area contributed by atoms with Crippen LogP contribution in [0.3, 0.4) is 0 Å². The van der Waals surface area contributed by atoms with E-state index in [0.717, 1.165) is 18.5 Å². The summed E-state index contributed by atoms with van der Waals surface area (Å²) in [6.07, 6.45) is 2.40. The Balaban J connectivity index is 2.86. The van der Waals surface area contributed by atoms with E-state index in [4.69, 9.17) is 10.9 Å². The second-order valence-electron chi connectivity index (χ2n) is 4.09. The van der Waals surface area contributed by atoms with E-state index in [-0.39, 0.29) is 11.7 Å². The molecule has 3 N–H and O–H groups in total. The summed E-state index contributed by atoms with van der Waals surface area (Å²) in [5, 5.41) is 11.6. The Bertz CT molecular complexity index is 444. The van der Waals surface area contributed by atoms with Gasteiger partial charge >= 0.3 is 0 Å². The summed E-state index contributed by atoms with van der Waals surface area (Å²) in [4.78, 5) is 13.5. The van der Waals surface area contributed by atoms with Crippen LogP contribution in [0.25, 0.3) is 0 Å². The van der Waals surface area contributed by atoms with Gasteiger partial charge in [-0.2, -0.15) is 0 Å². The molecule has 1 aromatic rings. The van der Waals surface area contributed by atoms with Gasteiger partial charge in [0.15, 0.2) is 5.84 Å². The number of rotatable bonds is 5. The van der Waals surface area contributed by atoms with Gasteiger partial charge in [-0.3, -0.25) is 4.79 Å². The fourth-order valence-electron chi connectivity index (χ4n) is 1.57. The van der Waals surface area contributed by atoms with Crippen molar-refractivity contribution >= 4 is 17.4 Å². The fraction of sp³-hybridized carbons (Fsp3) is 0.385. The Kier molecular flexibility index (Phi) is 5.17. The minimum absolute atomic E-state index is 0.0336. The largest absolute Gasteiger partial charge is 0.409 e. The van der Waals surface area contributed by atoms with Gasteiger partial charge in [0.05, 0.1) is 0 Å². The van der Waals surface area contributed by atoms with Crippen molar-refractivity contribution in [2.45, 2.75) is 26.2 Å². The maximum Gasteiger partial charge on any atom is 0.226 e. The second kappa shape index (κ2) is 6.64. The first-order valence-corrected chi connectivity index (χ1v) is 5.94. The molecular formula is C13H19N3O2. The van der Waals surface area contributed by atoms with Crippen molar-refractivity contribution in [1.29, 1.82) is 0 Å². The molecule has 5 nitrogen and oxygen atoms in total. The first-order valence-electron chi connectivity index (χ1n) is 5.94. The number of carbonyl (C=O) groups is 1. The maximum absolute atomic E-state index is 11.9. The molecule has 1 amide bonds. The van der Waals surface area contributed by atoms with Gasteiger partial charge in [0.2, 0.25) is 5.91 Å². The van der Waals surface area contributed by atoms with E-state index in [2.05, 4.69) is 5.16 Å². The zero-order valence-corrected chi connectivity index (χ0v) is 10.8. The number of hydrogen-bond acceptors (Lipinski definition) is 3. The Labute approximate surface area is 107 Å². The molecule has 0 fully saturated rings. The number of oxime groups is 1. The normalized spacial score (nSPS) is 11.3. The molecule has 0 aromatic heterocycles. The minimum Gasteiger partial charge on any atom is -0.409 e. The summed E-state index contributed by atoms with van der Waals surface area (Å²) < 4.78 is 0. The molecule has 0 radical (unpaired) electrons. The number of hydrogen-bond donors (Lipinski definition) is 2. The van der Waals surface area contributed by atoms with Crippen LogP contribution in [-0.4, -0.2) is 24.0 Å². The molecule has 5 heteroatoms. The summed E-state index contributed by atoms with van der Waals surface area (Å²) in [5.74, 6) is 0.0970. The molecule has 0 aliphatic rings. The van der Waals surface area contributed by atoms with Gasteiger partial charge < -0.3 is 15.8 Å². The summed E-state index contributed by atoms with van der Waals surface area (Å²) in [5.41, 5.74) is 6.84. The van der Waals surface area contributed by atoms with Crippen LogP contribution in [0.4, 0.5) is 5.69 Å². The van der Waals surface area contributed by atoms with Crippen molar-refractivity contribution in [1.82, 2.24) is 0 Å². The van der Waals surface area contributed by atoms with Gasteiger partial charge in [0.25, 0.3) is 0 Å². The number of anilines is 1. The third-order valence-corrected chi connectivity index (χ3v) is 2.76. The lowest BCUT2D eigenvalue weighted by Crippen LogP contribution is -2.26. The molecule has 0 heterocycles. The number of unbranched alkanes of at least 4 members (excludes halogenated alkanes) is 1. The molecule has 0 aliphatic carbocycles. The standard InChI is InChI=1S/C13H19N3O2/c1-3-4-8-12(17)16(2)11-7-5-6-10(9-11)13(14)15-18/h5-7,9,18H,3-4,8H2,1-2H3,(H2,14,15). The average molecular weight is 249 g/mol. The zero-order valence-electron chi connectivity index (χ0n) is 10.8. The van der Waals surface area contributed by atoms with E-state index in [1.165, 1.54) is 0 Å². The van der Waals surface area contributed by atoms with Gasteiger partial charge in [0.1, 0.15) is 0 Å². The van der Waals surface area contributed by atoms with Crippen LogP contribution in [0.1, 0.15) is 31.7 Å². The molecule has 1 rings (SSSR count). The quantitative estimate of drug-likeness (QED) is 0.362. The van der Waals surface area contributed by atoms with Gasteiger partial charge in [-0.1, -0.05) is 30.6 Å². The van der Waals surface area contributed by atoms with E-state index >= 15 is 0 Å². The zero-order chi connectivity index (χ0) is 13.5. The van der Waals surface area contributed by atoms with Crippen LogP contribution in [-0.2, 0) is 4.79 Å². The van der Waals surface area contributed by atoms with E-state index < -0.39 is 0 Å². The lowest BCUT2D eigenvalue weighted by molar-refractivity contribution is -0.118. The Morgan fingerprint density at radius 2 is 2.22 bits per heavy atom. The highest BCUT2D eigenvalue weighted by molar-refractivity contribution is 5.99. The fourth-order valence-corrected chi connectivity index (χ4v) is 1.57. The molecule has 0 saturated carbocycles. The number of nitrogens with two attached hydrogens (primary N) is 1. The van der Waals surface area contributed by atoms with Crippen molar-refractivity contribution in [2.75, 3.05) is 11.9 Å². The highest BCUT2D eigenvalue weighted by Crippen LogP contribution is 2.16. The third-order valence-electron chi connectivity index (χ3n) is 2.76. The third kappa shape index (κ3) is 3.48. The van der Waals surface area contributed by atoms with Crippen molar-refractivity contribution in [3.05, 3.63) is 29.8 Å². The SMILES string of the molecule is CCCCC(=O)N(C)c1cccc(C(N)=NO)c1. The minimum atomic E-state index is 0.0336. The van der Waals surface area contributed by atoms with Crippen LogP contribution in [0.5, 0.6) is 0 Å². The molecule has 0 saturated heterocycles. The molecule has 0 spiro atoms. The summed E-state index contributed by atoms with van der Waals surface area (Å²) in [6.45, 7) is 2.05. The number of benzene rings is 1. The Morgan fingerprint density at radius 3 is 2.83 bits per heavy atom. The lowest BCUT2D eigenvalue weighted by Gasteiger charge is -2.17. The number of amidine groups is 1. The molecule has 0 bridgehead atoms.